The van der Waals surface area contributed by atoms with E-state index in [1.807, 2.05) is 19.1 Å². The van der Waals surface area contributed by atoms with Gasteiger partial charge < -0.3 is 24.3 Å². The molecule has 0 spiro atoms. The highest BCUT2D eigenvalue weighted by atomic mass is 16.5. The van der Waals surface area contributed by atoms with Crippen LogP contribution < -0.4 is 24.3 Å². The summed E-state index contributed by atoms with van der Waals surface area (Å²) in [6, 6.07) is 9.39. The molecule has 0 atom stereocenters. The number of hydrogen-bond donors (Lipinski definition) is 1. The lowest BCUT2D eigenvalue weighted by molar-refractivity contribution is -0.118. The molecule has 0 heterocycles. The second kappa shape index (κ2) is 9.16. The van der Waals surface area contributed by atoms with Crippen LogP contribution in [0.25, 0.3) is 0 Å². The molecule has 0 aliphatic rings. The van der Waals surface area contributed by atoms with E-state index in [0.29, 0.717) is 34.6 Å². The van der Waals surface area contributed by atoms with E-state index in [1.54, 1.807) is 12.1 Å². The third kappa shape index (κ3) is 5.06. The highest BCUT2D eigenvalue weighted by Gasteiger charge is 2.15. The van der Waals surface area contributed by atoms with Crippen LogP contribution in [0.1, 0.15) is 30.9 Å². The molecule has 0 radical (unpaired) electrons. The van der Waals surface area contributed by atoms with Gasteiger partial charge in [-0.15, -0.1) is 0 Å². The molecule has 0 saturated heterocycles. The van der Waals surface area contributed by atoms with Gasteiger partial charge in [-0.1, -0.05) is 26.0 Å². The van der Waals surface area contributed by atoms with Crippen LogP contribution in [0.5, 0.6) is 23.0 Å². The molecule has 0 aromatic heterocycles. The van der Waals surface area contributed by atoms with Crippen molar-refractivity contribution in [1.29, 1.82) is 0 Å². The number of rotatable bonds is 8. The molecular weight excluding hydrogens is 346 g/mol. The van der Waals surface area contributed by atoms with Crippen LogP contribution in [0.15, 0.2) is 30.3 Å². The minimum Gasteiger partial charge on any atom is -0.493 e. The quantitative estimate of drug-likeness (QED) is 0.753. The van der Waals surface area contributed by atoms with E-state index < -0.39 is 0 Å². The smallest absolute Gasteiger partial charge is 0.262 e. The highest BCUT2D eigenvalue weighted by molar-refractivity contribution is 5.92. The number of nitrogens with one attached hydrogen (secondary N) is 1. The van der Waals surface area contributed by atoms with Crippen molar-refractivity contribution in [2.45, 2.75) is 26.7 Å². The first-order chi connectivity index (χ1) is 12.9. The van der Waals surface area contributed by atoms with Gasteiger partial charge in [-0.05, 0) is 30.0 Å². The van der Waals surface area contributed by atoms with Gasteiger partial charge in [-0.2, -0.15) is 0 Å². The van der Waals surface area contributed by atoms with Gasteiger partial charge in [0.05, 0.1) is 21.3 Å². The zero-order chi connectivity index (χ0) is 20.0. The summed E-state index contributed by atoms with van der Waals surface area (Å²) in [6.07, 6.45) is 0. The van der Waals surface area contributed by atoms with Crippen molar-refractivity contribution in [2.75, 3.05) is 33.3 Å². The molecule has 27 heavy (non-hydrogen) atoms. The number of ether oxygens (including phenoxy) is 4. The fourth-order valence-electron chi connectivity index (χ4n) is 2.62. The Morgan fingerprint density at radius 2 is 1.59 bits per heavy atom. The molecule has 0 unspecified atom stereocenters. The number of carbonyl (C=O) groups is 1. The van der Waals surface area contributed by atoms with Gasteiger partial charge >= 0.3 is 0 Å². The summed E-state index contributed by atoms with van der Waals surface area (Å²) < 4.78 is 21.6. The molecule has 2 aromatic carbocycles. The third-order valence-electron chi connectivity index (χ3n) is 4.19. The maximum Gasteiger partial charge on any atom is 0.262 e. The highest BCUT2D eigenvalue weighted by Crippen LogP contribution is 2.39. The second-order valence-corrected chi connectivity index (χ2v) is 6.43. The molecule has 0 bridgehead atoms. The van der Waals surface area contributed by atoms with Gasteiger partial charge in [-0.25, -0.2) is 0 Å². The van der Waals surface area contributed by atoms with E-state index in [0.717, 1.165) is 5.56 Å². The summed E-state index contributed by atoms with van der Waals surface area (Å²) in [5.41, 5.74) is 2.69. The van der Waals surface area contributed by atoms with E-state index in [1.165, 1.54) is 26.9 Å². The number of methoxy groups -OCH3 is 3. The number of carbonyl (C=O) groups excluding carboxylic acids is 1. The molecule has 0 saturated carbocycles. The van der Waals surface area contributed by atoms with Crippen molar-refractivity contribution >= 4 is 11.6 Å². The lowest BCUT2D eigenvalue weighted by atomic mass is 10.0. The summed E-state index contributed by atoms with van der Waals surface area (Å²) in [5.74, 6) is 2.22. The molecule has 1 amide bonds. The number of anilines is 1. The van der Waals surface area contributed by atoms with Crippen molar-refractivity contribution in [2.24, 2.45) is 0 Å². The molecule has 0 fully saturated rings. The van der Waals surface area contributed by atoms with Crippen molar-refractivity contribution < 1.29 is 23.7 Å². The molecule has 2 rings (SSSR count). The average Bonchev–Trinajstić information content (AvgIpc) is 2.66. The van der Waals surface area contributed by atoms with Crippen LogP contribution in [-0.4, -0.2) is 33.8 Å². The molecule has 0 aliphatic heterocycles. The number of amides is 1. The molecule has 0 aliphatic carbocycles. The average molecular weight is 373 g/mol. The van der Waals surface area contributed by atoms with Crippen LogP contribution in [0, 0.1) is 6.92 Å². The summed E-state index contributed by atoms with van der Waals surface area (Å²) >= 11 is 0. The van der Waals surface area contributed by atoms with Gasteiger partial charge in [0, 0.05) is 17.8 Å². The number of benzene rings is 2. The normalized spacial score (nSPS) is 10.5. The van der Waals surface area contributed by atoms with Crippen molar-refractivity contribution in [3.8, 4) is 23.0 Å². The van der Waals surface area contributed by atoms with Crippen molar-refractivity contribution in [3.63, 3.8) is 0 Å². The molecule has 146 valence electrons. The van der Waals surface area contributed by atoms with E-state index >= 15 is 0 Å². The Kier molecular flexibility index (Phi) is 6.93. The first-order valence-electron chi connectivity index (χ1n) is 8.72. The Morgan fingerprint density at radius 1 is 0.963 bits per heavy atom. The van der Waals surface area contributed by atoms with E-state index in [4.69, 9.17) is 18.9 Å². The van der Waals surface area contributed by atoms with Crippen LogP contribution in [-0.2, 0) is 4.79 Å². The monoisotopic (exact) mass is 373 g/mol. The summed E-state index contributed by atoms with van der Waals surface area (Å²) in [7, 11) is 4.58. The van der Waals surface area contributed by atoms with Gasteiger partial charge in [0.2, 0.25) is 5.75 Å². The molecule has 6 nitrogen and oxygen atoms in total. The van der Waals surface area contributed by atoms with Gasteiger partial charge in [-0.3, -0.25) is 4.79 Å². The van der Waals surface area contributed by atoms with Gasteiger partial charge in [0.1, 0.15) is 5.75 Å². The fraction of sp³-hybridized carbons (Fsp3) is 0.381. The minimum atomic E-state index is -0.279. The third-order valence-corrected chi connectivity index (χ3v) is 4.19. The maximum atomic E-state index is 12.3. The van der Waals surface area contributed by atoms with E-state index in [2.05, 4.69) is 25.2 Å². The summed E-state index contributed by atoms with van der Waals surface area (Å²) in [4.78, 5) is 12.3. The van der Waals surface area contributed by atoms with Crippen LogP contribution in [0.3, 0.4) is 0 Å². The standard InChI is InChI=1S/C21H27NO5/c1-13(2)15-8-7-14(3)17(9-15)27-12-20(23)22-16-10-18(24-4)21(26-6)19(11-16)25-5/h7-11,13H,12H2,1-6H3,(H,22,23). The van der Waals surface area contributed by atoms with Gasteiger partial charge in [0.25, 0.3) is 5.91 Å². The van der Waals surface area contributed by atoms with E-state index in [-0.39, 0.29) is 12.5 Å². The zero-order valence-corrected chi connectivity index (χ0v) is 16.7. The van der Waals surface area contributed by atoms with Crippen molar-refractivity contribution in [3.05, 3.63) is 41.5 Å². The Bertz CT molecular complexity index is 776. The number of aryl methyl sites for hydroxylation is 1. The predicted octanol–water partition coefficient (Wildman–Crippen LogP) is 4.16. The Hall–Kier alpha value is -2.89. The first kappa shape index (κ1) is 20.4. The predicted molar refractivity (Wildman–Crippen MR) is 105 cm³/mol. The molecule has 2 aromatic rings. The van der Waals surface area contributed by atoms with Crippen LogP contribution in [0.2, 0.25) is 0 Å². The minimum absolute atomic E-state index is 0.0982. The molecule has 1 N–H and O–H groups in total. The maximum absolute atomic E-state index is 12.3. The molecule has 6 heteroatoms. The SMILES string of the molecule is COc1cc(NC(=O)COc2cc(C(C)C)ccc2C)cc(OC)c1OC. The molecular formula is C21H27NO5. The zero-order valence-electron chi connectivity index (χ0n) is 16.7. The van der Waals surface area contributed by atoms with Crippen LogP contribution >= 0.6 is 0 Å². The van der Waals surface area contributed by atoms with Gasteiger partial charge in [0.15, 0.2) is 18.1 Å². The largest absolute Gasteiger partial charge is 0.493 e. The Balaban J connectivity index is 2.09. The van der Waals surface area contributed by atoms with Crippen molar-refractivity contribution in [1.82, 2.24) is 0 Å². The van der Waals surface area contributed by atoms with Crippen LogP contribution in [0.4, 0.5) is 5.69 Å². The summed E-state index contributed by atoms with van der Waals surface area (Å²) in [5, 5.41) is 2.79. The lowest BCUT2D eigenvalue weighted by Gasteiger charge is -2.15. The number of hydrogen-bond acceptors (Lipinski definition) is 5. The lowest BCUT2D eigenvalue weighted by Crippen LogP contribution is -2.20. The fourth-order valence-corrected chi connectivity index (χ4v) is 2.62. The second-order valence-electron chi connectivity index (χ2n) is 6.43. The topological polar surface area (TPSA) is 66.0 Å². The van der Waals surface area contributed by atoms with E-state index in [9.17, 15) is 4.79 Å². The first-order valence-corrected chi connectivity index (χ1v) is 8.72. The summed E-state index contributed by atoms with van der Waals surface area (Å²) in [6.45, 7) is 6.09. The Labute approximate surface area is 160 Å². The Morgan fingerprint density at radius 3 is 2.11 bits per heavy atom.